The number of halogens is 3. The predicted molar refractivity (Wildman–Crippen MR) is 306 cm³/mol. The lowest BCUT2D eigenvalue weighted by atomic mass is 9.93. The molecule has 3 unspecified atom stereocenters. The molecule has 0 aliphatic rings. The van der Waals surface area contributed by atoms with Gasteiger partial charge in [0.25, 0.3) is 0 Å². The van der Waals surface area contributed by atoms with E-state index >= 15 is 0 Å². The number of para-hydroxylation sites is 1. The van der Waals surface area contributed by atoms with Gasteiger partial charge in [-0.1, -0.05) is 195 Å². The number of benzene rings is 4. The lowest BCUT2D eigenvalue weighted by molar-refractivity contribution is -0.161. The highest BCUT2D eigenvalue weighted by Gasteiger charge is 2.31. The maximum absolute atomic E-state index is 14.5. The maximum Gasteiger partial charge on any atom is 0.352 e. The molecule has 0 aliphatic heterocycles. The van der Waals surface area contributed by atoms with E-state index in [1.54, 1.807) is 36.4 Å². The third-order valence-corrected chi connectivity index (χ3v) is 13.9. The molecule has 0 aromatic heterocycles. The average Bonchev–Trinajstić information content (AvgIpc) is 3.43. The number of amides is 2. The molecule has 0 spiro atoms. The zero-order valence-electron chi connectivity index (χ0n) is 45.6. The minimum absolute atomic E-state index is 0.00756. The molecular formula is C61H77Cl3N2O12. The van der Waals surface area contributed by atoms with E-state index in [2.05, 4.69) is 24.5 Å². The number of hydrogen-bond acceptors (Lipinski definition) is 12. The smallest absolute Gasteiger partial charge is 0.352 e. The maximum atomic E-state index is 14.5. The summed E-state index contributed by atoms with van der Waals surface area (Å²) in [6.07, 6.45) is 19.6. The van der Waals surface area contributed by atoms with Crippen LogP contribution in [0.15, 0.2) is 84.9 Å². The molecule has 2 amide bonds. The number of carbonyl (C=O) groups excluding carboxylic acids is 7. The summed E-state index contributed by atoms with van der Waals surface area (Å²) in [6.45, 7) is 7.38. The van der Waals surface area contributed by atoms with Crippen LogP contribution in [0.25, 0.3) is 0 Å². The molecule has 0 bridgehead atoms. The van der Waals surface area contributed by atoms with Crippen molar-refractivity contribution < 1.29 is 57.2 Å². The molecule has 0 heterocycles. The van der Waals surface area contributed by atoms with E-state index in [0.29, 0.717) is 12.8 Å². The number of ether oxygens (including phenoxy) is 5. The highest BCUT2D eigenvalue weighted by molar-refractivity contribution is 6.35. The summed E-state index contributed by atoms with van der Waals surface area (Å²) in [5.74, 6) is -7.29. The summed E-state index contributed by atoms with van der Waals surface area (Å²) in [7, 11) is 0. The van der Waals surface area contributed by atoms with E-state index in [1.165, 1.54) is 139 Å². The fraction of sp³-hybridized carbons (Fsp3) is 0.492. The molecule has 0 saturated carbocycles. The Kier molecular flexibility index (Phi) is 30.0. The highest BCUT2D eigenvalue weighted by atomic mass is 35.5. The fourth-order valence-electron chi connectivity index (χ4n) is 8.37. The van der Waals surface area contributed by atoms with E-state index in [9.17, 15) is 33.6 Å². The van der Waals surface area contributed by atoms with Crippen LogP contribution >= 0.6 is 34.8 Å². The van der Waals surface area contributed by atoms with Crippen LogP contribution in [0.2, 0.25) is 15.1 Å². The summed E-state index contributed by atoms with van der Waals surface area (Å²) in [5.41, 5.74) is 0.0384. The van der Waals surface area contributed by atoms with Gasteiger partial charge < -0.3 is 34.3 Å². The summed E-state index contributed by atoms with van der Waals surface area (Å²) in [4.78, 5) is 94.4. The van der Waals surface area contributed by atoms with Crippen molar-refractivity contribution >= 4 is 87.8 Å². The van der Waals surface area contributed by atoms with Gasteiger partial charge in [-0.25, -0.2) is 19.2 Å². The van der Waals surface area contributed by atoms with Crippen molar-refractivity contribution in [3.63, 3.8) is 0 Å². The molecule has 4 rings (SSSR count). The number of unbranched alkanes of at least 4 members (excludes halogenated alkanes) is 18. The first-order chi connectivity index (χ1) is 37.6. The third-order valence-electron chi connectivity index (χ3n) is 12.9. The van der Waals surface area contributed by atoms with E-state index in [-0.39, 0.29) is 67.7 Å². The second-order valence-electron chi connectivity index (χ2n) is 19.4. The van der Waals surface area contributed by atoms with Crippen molar-refractivity contribution in [2.24, 2.45) is 5.92 Å². The molecule has 0 aliphatic carbocycles. The standard InChI is InChI=1S/C61H77Cl3N2O12/c1-5-7-9-11-13-15-17-19-21-23-33-55(67)75-43(4)59(71)77-46-35-37-50(63)53(41-46)66-57(69)48(39-44-29-24-25-30-47(44)61(73)78-54-32-27-26-31-51(54)64)56(68)65-52-40-45(34-36-49(52)62)60(72)76-42(3)58(70)74-38-28-22-20-18-16-14-12-10-8-6-2/h24-27,29-32,34-37,40-43,48H,5-23,28,33,38-39H2,1-4H3,(H,65,68)(H,66,69). The van der Waals surface area contributed by atoms with E-state index in [1.807, 2.05) is 0 Å². The Balaban J connectivity index is 1.44. The van der Waals surface area contributed by atoms with Crippen LogP contribution in [-0.4, -0.2) is 60.5 Å². The molecule has 4 aromatic carbocycles. The van der Waals surface area contributed by atoms with Gasteiger partial charge >= 0.3 is 29.8 Å². The van der Waals surface area contributed by atoms with Gasteiger partial charge in [-0.05, 0) is 87.2 Å². The van der Waals surface area contributed by atoms with Gasteiger partial charge in [-0.15, -0.1) is 0 Å². The van der Waals surface area contributed by atoms with Crippen LogP contribution < -0.4 is 20.1 Å². The minimum atomic E-state index is -1.64. The Labute approximate surface area is 475 Å². The first kappa shape index (κ1) is 64.6. The topological polar surface area (TPSA) is 190 Å². The zero-order valence-corrected chi connectivity index (χ0v) is 47.9. The molecule has 424 valence electrons. The first-order valence-corrected chi connectivity index (χ1v) is 28.8. The van der Waals surface area contributed by atoms with Crippen molar-refractivity contribution in [3.8, 4) is 11.5 Å². The van der Waals surface area contributed by atoms with Crippen LogP contribution in [-0.2, 0) is 44.6 Å². The number of nitrogens with one attached hydrogen (secondary N) is 2. The van der Waals surface area contributed by atoms with Gasteiger partial charge in [0, 0.05) is 12.5 Å². The van der Waals surface area contributed by atoms with E-state index in [4.69, 9.17) is 58.5 Å². The first-order valence-electron chi connectivity index (χ1n) is 27.7. The summed E-state index contributed by atoms with van der Waals surface area (Å²) in [6, 6.07) is 20.5. The van der Waals surface area contributed by atoms with Crippen LogP contribution in [0, 0.1) is 5.92 Å². The molecule has 2 N–H and O–H groups in total. The Morgan fingerprint density at radius 1 is 0.500 bits per heavy atom. The Morgan fingerprint density at radius 2 is 1.01 bits per heavy atom. The van der Waals surface area contributed by atoms with Crippen LogP contribution in [0.1, 0.15) is 189 Å². The molecule has 0 fully saturated rings. The van der Waals surface area contributed by atoms with Crippen molar-refractivity contribution in [3.05, 3.63) is 117 Å². The van der Waals surface area contributed by atoms with Crippen molar-refractivity contribution in [2.45, 2.75) is 181 Å². The van der Waals surface area contributed by atoms with Gasteiger partial charge in [0.1, 0.15) is 17.4 Å². The third kappa shape index (κ3) is 23.6. The zero-order chi connectivity index (χ0) is 56.7. The van der Waals surface area contributed by atoms with Gasteiger partial charge in [-0.3, -0.25) is 14.4 Å². The summed E-state index contributed by atoms with van der Waals surface area (Å²) < 4.78 is 27.3. The Hall–Kier alpha value is -5.96. The van der Waals surface area contributed by atoms with Crippen LogP contribution in [0.4, 0.5) is 11.4 Å². The van der Waals surface area contributed by atoms with Crippen molar-refractivity contribution in [1.29, 1.82) is 0 Å². The van der Waals surface area contributed by atoms with E-state index < -0.39 is 66.2 Å². The molecule has 78 heavy (non-hydrogen) atoms. The average molecular weight is 1140 g/mol. The molecular weight excluding hydrogens is 1060 g/mol. The molecule has 0 saturated heterocycles. The summed E-state index contributed by atoms with van der Waals surface area (Å²) >= 11 is 19.4. The molecule has 0 radical (unpaired) electrons. The summed E-state index contributed by atoms with van der Waals surface area (Å²) in [5, 5.41) is 5.45. The van der Waals surface area contributed by atoms with E-state index in [0.717, 1.165) is 38.5 Å². The lowest BCUT2D eigenvalue weighted by Gasteiger charge is -2.20. The molecule has 17 heteroatoms. The van der Waals surface area contributed by atoms with Gasteiger partial charge in [0.15, 0.2) is 12.2 Å². The largest absolute Gasteiger partial charge is 0.463 e. The van der Waals surface area contributed by atoms with Crippen molar-refractivity contribution in [1.82, 2.24) is 0 Å². The minimum Gasteiger partial charge on any atom is -0.463 e. The number of esters is 5. The number of anilines is 2. The number of hydrogen-bond donors (Lipinski definition) is 2. The van der Waals surface area contributed by atoms with Crippen LogP contribution in [0.3, 0.4) is 0 Å². The second kappa shape index (κ2) is 36.3. The Morgan fingerprint density at radius 3 is 1.62 bits per heavy atom. The second-order valence-corrected chi connectivity index (χ2v) is 20.7. The predicted octanol–water partition coefficient (Wildman–Crippen LogP) is 15.5. The highest BCUT2D eigenvalue weighted by Crippen LogP contribution is 2.31. The molecule has 14 nitrogen and oxygen atoms in total. The van der Waals surface area contributed by atoms with Crippen molar-refractivity contribution in [2.75, 3.05) is 17.2 Å². The van der Waals surface area contributed by atoms with Gasteiger partial charge in [0.2, 0.25) is 11.8 Å². The lowest BCUT2D eigenvalue weighted by Crippen LogP contribution is -2.36. The number of rotatable bonds is 36. The molecule has 3 atom stereocenters. The van der Waals surface area contributed by atoms with Gasteiger partial charge in [0.05, 0.1) is 44.2 Å². The quantitative estimate of drug-likeness (QED) is 0.0144. The Bertz CT molecular complexity index is 2570. The molecule has 4 aromatic rings. The van der Waals surface area contributed by atoms with Gasteiger partial charge in [-0.2, -0.15) is 0 Å². The monoisotopic (exact) mass is 1130 g/mol. The SMILES string of the molecule is CCCCCCCCCCCCOC(=O)C(C)OC(=O)c1ccc(Cl)c(NC(=O)C(Cc2ccccc2C(=O)Oc2ccccc2Cl)C(=O)Nc2cc(OC(=O)C(C)OC(=O)CCCCCCCCCCCC)ccc2Cl)c1. The normalized spacial score (nSPS) is 12.1. The van der Waals surface area contributed by atoms with Crippen LogP contribution in [0.5, 0.6) is 11.5 Å². The number of carbonyl (C=O) groups is 7. The fourth-order valence-corrected chi connectivity index (χ4v) is 8.88.